The number of benzene rings is 1. The molecule has 0 fully saturated rings. The van der Waals surface area contributed by atoms with Crippen LogP contribution in [0.25, 0.3) is 0 Å². The van der Waals surface area contributed by atoms with Gasteiger partial charge in [-0.15, -0.1) is 0 Å². The molecule has 2 amide bonds. The Hall–Kier alpha value is -1.72. The Morgan fingerprint density at radius 2 is 1.95 bits per heavy atom. The summed E-state index contributed by atoms with van der Waals surface area (Å²) >= 11 is 0. The number of fused-ring (bicyclic) bond motifs is 1. The molecular weight excluding hydrogens is 244 g/mol. The number of aliphatic hydroxyl groups excluding tert-OH is 1. The summed E-state index contributed by atoms with van der Waals surface area (Å²) in [6, 6.07) is 5.28. The number of hydrogen-bond donors (Lipinski definition) is 2. The molecule has 1 aromatic carbocycles. The van der Waals surface area contributed by atoms with E-state index in [2.05, 4.69) is 5.32 Å². The molecule has 1 aliphatic heterocycles. The molecule has 2 rings (SSSR count). The Labute approximate surface area is 112 Å². The van der Waals surface area contributed by atoms with Crippen molar-refractivity contribution in [3.05, 3.63) is 34.9 Å². The van der Waals surface area contributed by atoms with Gasteiger partial charge in [0, 0.05) is 19.6 Å². The second-order valence-corrected chi connectivity index (χ2v) is 4.86. The second kappa shape index (κ2) is 5.50. The molecule has 0 spiro atoms. The van der Waals surface area contributed by atoms with Gasteiger partial charge in [0.1, 0.15) is 0 Å². The molecule has 19 heavy (non-hydrogen) atoms. The lowest BCUT2D eigenvalue weighted by molar-refractivity contribution is 0.0654. The van der Waals surface area contributed by atoms with Gasteiger partial charge in [-0.3, -0.25) is 14.5 Å². The molecule has 1 aromatic rings. The summed E-state index contributed by atoms with van der Waals surface area (Å²) in [5.41, 5.74) is 1.93. The molecule has 0 bridgehead atoms. The Balaban J connectivity index is 2.02. The van der Waals surface area contributed by atoms with E-state index < -0.39 is 6.10 Å². The summed E-state index contributed by atoms with van der Waals surface area (Å²) in [7, 11) is 0. The van der Waals surface area contributed by atoms with Crippen molar-refractivity contribution in [3.8, 4) is 0 Å². The number of rotatable bonds is 5. The van der Waals surface area contributed by atoms with Crippen LogP contribution >= 0.6 is 0 Å². The molecule has 5 heteroatoms. The fraction of sp³-hybridized carbons (Fsp3) is 0.429. The lowest BCUT2D eigenvalue weighted by Gasteiger charge is -2.14. The smallest absolute Gasteiger partial charge is 0.261 e. The van der Waals surface area contributed by atoms with Crippen LogP contribution in [0.2, 0.25) is 0 Å². The van der Waals surface area contributed by atoms with Crippen LogP contribution in [-0.4, -0.2) is 47.6 Å². The van der Waals surface area contributed by atoms with Gasteiger partial charge < -0.3 is 10.4 Å². The van der Waals surface area contributed by atoms with E-state index in [9.17, 15) is 9.59 Å². The van der Waals surface area contributed by atoms with Crippen molar-refractivity contribution < 1.29 is 14.7 Å². The highest BCUT2D eigenvalue weighted by Gasteiger charge is 2.34. The third-order valence-corrected chi connectivity index (χ3v) is 3.08. The summed E-state index contributed by atoms with van der Waals surface area (Å²) < 4.78 is 0. The van der Waals surface area contributed by atoms with E-state index >= 15 is 0 Å². The molecule has 1 aliphatic rings. The third-order valence-electron chi connectivity index (χ3n) is 3.08. The van der Waals surface area contributed by atoms with Crippen LogP contribution in [0.4, 0.5) is 0 Å². The van der Waals surface area contributed by atoms with E-state index in [-0.39, 0.29) is 11.8 Å². The zero-order valence-electron chi connectivity index (χ0n) is 11.1. The summed E-state index contributed by atoms with van der Waals surface area (Å²) in [6.07, 6.45) is -0.440. The van der Waals surface area contributed by atoms with Crippen molar-refractivity contribution in [3.63, 3.8) is 0 Å². The summed E-state index contributed by atoms with van der Waals surface area (Å²) in [6.45, 7) is 4.82. The fourth-order valence-electron chi connectivity index (χ4n) is 2.11. The zero-order valence-corrected chi connectivity index (χ0v) is 11.1. The van der Waals surface area contributed by atoms with Crippen LogP contribution < -0.4 is 5.32 Å². The Bertz CT molecular complexity index is 511. The minimum absolute atomic E-state index is 0.234. The number of amides is 2. The van der Waals surface area contributed by atoms with Crippen molar-refractivity contribution in [2.75, 3.05) is 19.6 Å². The first-order valence-electron chi connectivity index (χ1n) is 6.36. The lowest BCUT2D eigenvalue weighted by Crippen LogP contribution is -2.37. The molecule has 2 N–H and O–H groups in total. The monoisotopic (exact) mass is 262 g/mol. The van der Waals surface area contributed by atoms with Crippen LogP contribution in [-0.2, 0) is 0 Å². The Morgan fingerprint density at radius 1 is 1.26 bits per heavy atom. The van der Waals surface area contributed by atoms with Gasteiger partial charge in [-0.05, 0) is 26.0 Å². The van der Waals surface area contributed by atoms with Crippen molar-refractivity contribution in [1.82, 2.24) is 10.2 Å². The second-order valence-electron chi connectivity index (χ2n) is 4.86. The largest absolute Gasteiger partial charge is 0.392 e. The summed E-state index contributed by atoms with van der Waals surface area (Å²) in [5, 5.41) is 12.1. The number of nitrogens with one attached hydrogen (secondary N) is 1. The van der Waals surface area contributed by atoms with Gasteiger partial charge in [0.05, 0.1) is 17.2 Å². The summed E-state index contributed by atoms with van der Waals surface area (Å²) in [5.74, 6) is -0.471. The number of hydrogen-bond acceptors (Lipinski definition) is 4. The lowest BCUT2D eigenvalue weighted by atomic mass is 10.1. The van der Waals surface area contributed by atoms with Gasteiger partial charge >= 0.3 is 0 Å². The first-order valence-corrected chi connectivity index (χ1v) is 6.36. The van der Waals surface area contributed by atoms with Crippen LogP contribution in [0.1, 0.15) is 33.2 Å². The van der Waals surface area contributed by atoms with Crippen LogP contribution in [0.3, 0.4) is 0 Å². The predicted octanol–water partition coefficient (Wildman–Crippen LogP) is 0.561. The molecule has 0 aromatic heterocycles. The van der Waals surface area contributed by atoms with Crippen LogP contribution in [0.5, 0.6) is 0 Å². The molecular formula is C14H18N2O3. The predicted molar refractivity (Wildman–Crippen MR) is 71.1 cm³/mol. The van der Waals surface area contributed by atoms with Gasteiger partial charge in [-0.25, -0.2) is 0 Å². The fourth-order valence-corrected chi connectivity index (χ4v) is 2.11. The molecule has 1 atom stereocenters. The number of aryl methyl sites for hydroxylation is 1. The van der Waals surface area contributed by atoms with E-state index in [0.717, 1.165) is 5.56 Å². The zero-order chi connectivity index (χ0) is 14.0. The van der Waals surface area contributed by atoms with Crippen LogP contribution in [0.15, 0.2) is 18.2 Å². The third kappa shape index (κ3) is 2.83. The molecule has 0 saturated heterocycles. The Kier molecular flexibility index (Phi) is 3.97. The minimum atomic E-state index is -0.440. The number of nitrogens with zero attached hydrogens (tertiary/aromatic N) is 1. The van der Waals surface area contributed by atoms with E-state index in [1.807, 2.05) is 13.0 Å². The summed E-state index contributed by atoms with van der Waals surface area (Å²) in [4.78, 5) is 25.4. The molecule has 102 valence electrons. The number of carbonyl (C=O) groups excluding carboxylic acids is 2. The first-order chi connectivity index (χ1) is 9.00. The van der Waals surface area contributed by atoms with E-state index in [1.54, 1.807) is 19.1 Å². The van der Waals surface area contributed by atoms with Crippen LogP contribution in [0, 0.1) is 6.92 Å². The highest BCUT2D eigenvalue weighted by atomic mass is 16.3. The minimum Gasteiger partial charge on any atom is -0.392 e. The van der Waals surface area contributed by atoms with Gasteiger partial charge in [0.15, 0.2) is 0 Å². The van der Waals surface area contributed by atoms with Crippen molar-refractivity contribution in [1.29, 1.82) is 0 Å². The number of imide groups is 1. The SMILES string of the molecule is Cc1ccc2c(c1)C(=O)N(CCNCC(C)O)C2=O. The van der Waals surface area contributed by atoms with E-state index in [1.165, 1.54) is 4.90 Å². The maximum absolute atomic E-state index is 12.1. The number of aliphatic hydroxyl groups is 1. The van der Waals surface area contributed by atoms with Crippen molar-refractivity contribution >= 4 is 11.8 Å². The van der Waals surface area contributed by atoms with Crippen molar-refractivity contribution in [2.45, 2.75) is 20.0 Å². The maximum Gasteiger partial charge on any atom is 0.261 e. The van der Waals surface area contributed by atoms with Gasteiger partial charge in [-0.1, -0.05) is 11.6 Å². The average Bonchev–Trinajstić information content (AvgIpc) is 2.58. The standard InChI is InChI=1S/C14H18N2O3/c1-9-3-4-11-12(7-9)14(19)16(13(11)18)6-5-15-8-10(2)17/h3-4,7,10,15,17H,5-6,8H2,1-2H3. The van der Waals surface area contributed by atoms with Gasteiger partial charge in [0.25, 0.3) is 11.8 Å². The average molecular weight is 262 g/mol. The van der Waals surface area contributed by atoms with Gasteiger partial charge in [-0.2, -0.15) is 0 Å². The normalized spacial score (nSPS) is 15.8. The first kappa shape index (κ1) is 13.7. The van der Waals surface area contributed by atoms with E-state index in [4.69, 9.17) is 5.11 Å². The highest BCUT2D eigenvalue weighted by Crippen LogP contribution is 2.23. The molecule has 0 radical (unpaired) electrons. The number of carbonyl (C=O) groups is 2. The quantitative estimate of drug-likeness (QED) is 0.601. The molecule has 0 aliphatic carbocycles. The molecule has 0 saturated carbocycles. The van der Waals surface area contributed by atoms with Crippen molar-refractivity contribution in [2.24, 2.45) is 0 Å². The Morgan fingerprint density at radius 3 is 2.63 bits per heavy atom. The van der Waals surface area contributed by atoms with Gasteiger partial charge in [0.2, 0.25) is 0 Å². The highest BCUT2D eigenvalue weighted by molar-refractivity contribution is 6.21. The molecule has 1 heterocycles. The topological polar surface area (TPSA) is 69.6 Å². The maximum atomic E-state index is 12.1. The molecule has 5 nitrogen and oxygen atoms in total. The van der Waals surface area contributed by atoms with E-state index in [0.29, 0.717) is 30.8 Å². The molecule has 1 unspecified atom stereocenters.